The largest absolute Gasteiger partial charge is 0.229 e. The van der Waals surface area contributed by atoms with Crippen LogP contribution in [-0.4, -0.2) is 19.9 Å². The molecule has 0 bridgehead atoms. The summed E-state index contributed by atoms with van der Waals surface area (Å²) in [4.78, 5) is 0. The Morgan fingerprint density at radius 3 is 1.05 bits per heavy atom. The van der Waals surface area contributed by atoms with Crippen molar-refractivity contribution < 1.29 is 8.42 Å². The van der Waals surface area contributed by atoms with Gasteiger partial charge in [-0.1, -0.05) is 97.3 Å². The lowest BCUT2D eigenvalue weighted by atomic mass is 10.1. The zero-order chi connectivity index (χ0) is 16.5. The lowest BCUT2D eigenvalue weighted by Crippen LogP contribution is -2.11. The summed E-state index contributed by atoms with van der Waals surface area (Å²) in [7, 11) is -2.78. The highest BCUT2D eigenvalue weighted by Crippen LogP contribution is 2.11. The van der Waals surface area contributed by atoms with E-state index in [1.807, 2.05) is 0 Å². The number of sulfone groups is 1. The van der Waals surface area contributed by atoms with Crippen LogP contribution in [0.15, 0.2) is 0 Å². The Bertz CT molecular complexity index is 309. The summed E-state index contributed by atoms with van der Waals surface area (Å²) < 4.78 is 23.9. The first-order valence-electron chi connectivity index (χ1n) is 9.82. The third-order valence-corrected chi connectivity index (χ3v) is 6.19. The molecule has 0 spiro atoms. The first-order valence-corrected chi connectivity index (χ1v) is 11.6. The summed E-state index contributed by atoms with van der Waals surface area (Å²) in [6.07, 6.45) is 18.0. The molecule has 0 aromatic carbocycles. The SMILES string of the molecule is CCCCCCCCCCS(=O)(=O)CCCCCCCCC. The maximum absolute atomic E-state index is 11.9. The first-order chi connectivity index (χ1) is 10.6. The predicted molar refractivity (Wildman–Crippen MR) is 99.3 cm³/mol. The monoisotopic (exact) mass is 332 g/mol. The zero-order valence-corrected chi connectivity index (χ0v) is 16.1. The molecule has 0 N–H and O–H groups in total. The molecule has 3 heteroatoms. The van der Waals surface area contributed by atoms with Crippen LogP contribution in [0.1, 0.15) is 110 Å². The molecule has 22 heavy (non-hydrogen) atoms. The topological polar surface area (TPSA) is 34.1 Å². The van der Waals surface area contributed by atoms with Crippen LogP contribution in [0.4, 0.5) is 0 Å². The second-order valence-electron chi connectivity index (χ2n) is 6.75. The van der Waals surface area contributed by atoms with Crippen molar-refractivity contribution in [1.82, 2.24) is 0 Å². The molecule has 0 fully saturated rings. The van der Waals surface area contributed by atoms with Crippen molar-refractivity contribution in [2.45, 2.75) is 110 Å². The second kappa shape index (κ2) is 15.8. The Labute approximate surface area is 140 Å². The van der Waals surface area contributed by atoms with Gasteiger partial charge >= 0.3 is 0 Å². The highest BCUT2D eigenvalue weighted by atomic mass is 32.2. The van der Waals surface area contributed by atoms with E-state index in [1.54, 1.807) is 0 Å². The van der Waals surface area contributed by atoms with Crippen LogP contribution in [0.2, 0.25) is 0 Å². The molecule has 0 atom stereocenters. The molecule has 0 unspecified atom stereocenters. The van der Waals surface area contributed by atoms with E-state index in [0.717, 1.165) is 25.7 Å². The van der Waals surface area contributed by atoms with E-state index in [1.165, 1.54) is 70.6 Å². The average molecular weight is 333 g/mol. The van der Waals surface area contributed by atoms with Crippen molar-refractivity contribution in [3.8, 4) is 0 Å². The highest BCUT2D eigenvalue weighted by molar-refractivity contribution is 7.91. The van der Waals surface area contributed by atoms with Crippen molar-refractivity contribution in [2.75, 3.05) is 11.5 Å². The van der Waals surface area contributed by atoms with Gasteiger partial charge in [-0.25, -0.2) is 8.42 Å². The predicted octanol–water partition coefficient (Wildman–Crippen LogP) is 6.29. The number of hydrogen-bond donors (Lipinski definition) is 0. The lowest BCUT2D eigenvalue weighted by molar-refractivity contribution is 0.566. The molecule has 0 aliphatic heterocycles. The van der Waals surface area contributed by atoms with Crippen molar-refractivity contribution in [1.29, 1.82) is 0 Å². The molecule has 0 saturated heterocycles. The molecule has 0 aliphatic carbocycles. The van der Waals surface area contributed by atoms with Crippen molar-refractivity contribution in [3.05, 3.63) is 0 Å². The average Bonchev–Trinajstić information content (AvgIpc) is 2.49. The van der Waals surface area contributed by atoms with E-state index < -0.39 is 9.84 Å². The molecule has 0 amide bonds. The fourth-order valence-corrected chi connectivity index (χ4v) is 4.33. The van der Waals surface area contributed by atoms with Gasteiger partial charge in [-0.05, 0) is 12.8 Å². The maximum atomic E-state index is 11.9. The summed E-state index contributed by atoms with van der Waals surface area (Å²) in [6, 6.07) is 0. The molecular weight excluding hydrogens is 292 g/mol. The van der Waals surface area contributed by atoms with Crippen LogP contribution in [0.5, 0.6) is 0 Å². The minimum Gasteiger partial charge on any atom is -0.229 e. The Morgan fingerprint density at radius 2 is 0.727 bits per heavy atom. The molecule has 0 aromatic heterocycles. The van der Waals surface area contributed by atoms with Crippen molar-refractivity contribution >= 4 is 9.84 Å². The zero-order valence-electron chi connectivity index (χ0n) is 15.2. The number of hydrogen-bond acceptors (Lipinski definition) is 2. The van der Waals surface area contributed by atoms with Crippen LogP contribution in [0, 0.1) is 0 Å². The molecule has 0 radical (unpaired) electrons. The van der Waals surface area contributed by atoms with Gasteiger partial charge in [0.1, 0.15) is 9.84 Å². The Kier molecular flexibility index (Phi) is 15.8. The van der Waals surface area contributed by atoms with E-state index in [9.17, 15) is 8.42 Å². The second-order valence-corrected chi connectivity index (χ2v) is 9.05. The van der Waals surface area contributed by atoms with Gasteiger partial charge in [0.15, 0.2) is 0 Å². The van der Waals surface area contributed by atoms with Crippen molar-refractivity contribution in [2.24, 2.45) is 0 Å². The standard InChI is InChI=1S/C19H40O2S/c1-3-5-7-9-11-13-15-17-19-22(20,21)18-16-14-12-10-8-6-4-2/h3-19H2,1-2H3. The van der Waals surface area contributed by atoms with E-state index in [4.69, 9.17) is 0 Å². The summed E-state index contributed by atoms with van der Waals surface area (Å²) >= 11 is 0. The summed E-state index contributed by atoms with van der Waals surface area (Å²) in [5.74, 6) is 0.828. The van der Waals surface area contributed by atoms with Gasteiger partial charge in [0.25, 0.3) is 0 Å². The minimum atomic E-state index is -2.78. The third-order valence-electron chi connectivity index (χ3n) is 4.37. The third kappa shape index (κ3) is 16.3. The Hall–Kier alpha value is -0.0500. The smallest absolute Gasteiger partial charge is 0.150 e. The van der Waals surface area contributed by atoms with Crippen LogP contribution in [0.25, 0.3) is 0 Å². The van der Waals surface area contributed by atoms with Crippen LogP contribution in [0.3, 0.4) is 0 Å². The number of unbranched alkanes of at least 4 members (excludes halogenated alkanes) is 13. The van der Waals surface area contributed by atoms with Gasteiger partial charge in [-0.15, -0.1) is 0 Å². The summed E-state index contributed by atoms with van der Waals surface area (Å²) in [5.41, 5.74) is 0. The van der Waals surface area contributed by atoms with Crippen LogP contribution in [-0.2, 0) is 9.84 Å². The molecule has 0 heterocycles. The summed E-state index contributed by atoms with van der Waals surface area (Å²) in [6.45, 7) is 4.45. The van der Waals surface area contributed by atoms with E-state index in [2.05, 4.69) is 13.8 Å². The van der Waals surface area contributed by atoms with Gasteiger partial charge < -0.3 is 0 Å². The van der Waals surface area contributed by atoms with Crippen LogP contribution < -0.4 is 0 Å². The highest BCUT2D eigenvalue weighted by Gasteiger charge is 2.09. The Morgan fingerprint density at radius 1 is 0.455 bits per heavy atom. The van der Waals surface area contributed by atoms with E-state index >= 15 is 0 Å². The van der Waals surface area contributed by atoms with Gasteiger partial charge in [-0.2, -0.15) is 0 Å². The Balaban J connectivity index is 3.38. The molecule has 0 aliphatic rings. The molecule has 0 saturated carbocycles. The maximum Gasteiger partial charge on any atom is 0.150 e. The fraction of sp³-hybridized carbons (Fsp3) is 1.00. The van der Waals surface area contributed by atoms with Gasteiger partial charge in [-0.3, -0.25) is 0 Å². The molecule has 134 valence electrons. The van der Waals surface area contributed by atoms with E-state index in [-0.39, 0.29) is 0 Å². The van der Waals surface area contributed by atoms with Gasteiger partial charge in [0.05, 0.1) is 11.5 Å². The number of rotatable bonds is 17. The van der Waals surface area contributed by atoms with Crippen LogP contribution >= 0.6 is 0 Å². The fourth-order valence-electron chi connectivity index (χ4n) is 2.84. The minimum absolute atomic E-state index is 0.414. The molecule has 0 rings (SSSR count). The van der Waals surface area contributed by atoms with E-state index in [0.29, 0.717) is 11.5 Å². The first kappa shape index (κ1) is 21.9. The van der Waals surface area contributed by atoms with Gasteiger partial charge in [0.2, 0.25) is 0 Å². The lowest BCUT2D eigenvalue weighted by Gasteiger charge is -2.05. The molecule has 2 nitrogen and oxygen atoms in total. The molecule has 0 aromatic rings. The molecular formula is C19H40O2S. The van der Waals surface area contributed by atoms with Gasteiger partial charge in [0, 0.05) is 0 Å². The normalized spacial score (nSPS) is 11.9. The van der Waals surface area contributed by atoms with Crippen molar-refractivity contribution in [3.63, 3.8) is 0 Å². The summed E-state index contributed by atoms with van der Waals surface area (Å²) in [5, 5.41) is 0. The quantitative estimate of drug-likeness (QED) is 0.293.